The fraction of sp³-hybridized carbons (Fsp3) is 0.818. The number of nitrogens with two attached hydrogens (primary N) is 1. The van der Waals surface area contributed by atoms with Crippen molar-refractivity contribution in [1.82, 2.24) is 0 Å². The number of rotatable bonds is 3. The van der Waals surface area contributed by atoms with Gasteiger partial charge in [0.1, 0.15) is 0 Å². The molecule has 1 unspecified atom stereocenters. The van der Waals surface area contributed by atoms with Gasteiger partial charge in [0.2, 0.25) is 0 Å². The molecule has 0 aromatic carbocycles. The highest BCUT2D eigenvalue weighted by Gasteiger charge is 2.37. The second-order valence-corrected chi connectivity index (χ2v) is 5.10. The predicted octanol–water partition coefficient (Wildman–Crippen LogP) is 2.96. The highest BCUT2D eigenvalue weighted by atomic mass is 14.7. The molecule has 0 rings (SSSR count). The third-order valence-electron chi connectivity index (χ3n) is 3.28. The van der Waals surface area contributed by atoms with Gasteiger partial charge in [0, 0.05) is 6.04 Å². The molecule has 0 aliphatic rings. The normalized spacial score (nSPS) is 15.8. The van der Waals surface area contributed by atoms with Crippen LogP contribution in [0.2, 0.25) is 0 Å². The molecule has 72 valence electrons. The van der Waals surface area contributed by atoms with Gasteiger partial charge in [-0.25, -0.2) is 0 Å². The summed E-state index contributed by atoms with van der Waals surface area (Å²) >= 11 is 0. The molecule has 0 aliphatic heterocycles. The van der Waals surface area contributed by atoms with E-state index >= 15 is 0 Å². The van der Waals surface area contributed by atoms with Crippen LogP contribution in [0, 0.1) is 10.8 Å². The minimum Gasteiger partial charge on any atom is -0.327 e. The summed E-state index contributed by atoms with van der Waals surface area (Å²) in [5, 5.41) is 0. The van der Waals surface area contributed by atoms with Crippen LogP contribution in [-0.2, 0) is 0 Å². The van der Waals surface area contributed by atoms with E-state index in [-0.39, 0.29) is 16.9 Å². The van der Waals surface area contributed by atoms with E-state index in [0.29, 0.717) is 0 Å². The Labute approximate surface area is 77.0 Å². The zero-order valence-corrected chi connectivity index (χ0v) is 9.15. The van der Waals surface area contributed by atoms with Crippen LogP contribution in [0.4, 0.5) is 0 Å². The van der Waals surface area contributed by atoms with Crippen molar-refractivity contribution in [3.05, 3.63) is 12.7 Å². The molecule has 0 spiro atoms. The molecule has 0 saturated heterocycles. The van der Waals surface area contributed by atoms with Crippen LogP contribution >= 0.6 is 0 Å². The van der Waals surface area contributed by atoms with Gasteiger partial charge < -0.3 is 5.73 Å². The van der Waals surface area contributed by atoms with Crippen molar-refractivity contribution >= 4 is 0 Å². The first-order valence-corrected chi connectivity index (χ1v) is 4.60. The fourth-order valence-electron chi connectivity index (χ4n) is 1.03. The first-order valence-electron chi connectivity index (χ1n) is 4.60. The molecule has 0 aromatic heterocycles. The Hall–Kier alpha value is -0.300. The van der Waals surface area contributed by atoms with Crippen LogP contribution in [0.15, 0.2) is 12.7 Å². The monoisotopic (exact) mass is 169 g/mol. The van der Waals surface area contributed by atoms with Gasteiger partial charge >= 0.3 is 0 Å². The van der Waals surface area contributed by atoms with E-state index in [1.807, 2.05) is 6.08 Å². The smallest absolute Gasteiger partial charge is 0.0130 e. The maximum absolute atomic E-state index is 6.08. The van der Waals surface area contributed by atoms with E-state index < -0.39 is 0 Å². The molecule has 2 N–H and O–H groups in total. The molecule has 1 atom stereocenters. The molecule has 0 radical (unpaired) electrons. The fourth-order valence-corrected chi connectivity index (χ4v) is 1.03. The summed E-state index contributed by atoms with van der Waals surface area (Å²) in [4.78, 5) is 0. The summed E-state index contributed by atoms with van der Waals surface area (Å²) in [7, 11) is 0. The van der Waals surface area contributed by atoms with Crippen molar-refractivity contribution in [2.24, 2.45) is 16.6 Å². The predicted molar refractivity (Wildman–Crippen MR) is 56.0 cm³/mol. The van der Waals surface area contributed by atoms with Crippen LogP contribution in [0.25, 0.3) is 0 Å². The molecule has 0 heterocycles. The minimum atomic E-state index is 0.154. The summed E-state index contributed by atoms with van der Waals surface area (Å²) in [6.07, 6.45) is 2.79. The summed E-state index contributed by atoms with van der Waals surface area (Å²) in [5.74, 6) is 0. The van der Waals surface area contributed by atoms with Gasteiger partial charge in [-0.1, -0.05) is 40.7 Å². The Morgan fingerprint density at radius 2 is 1.67 bits per heavy atom. The van der Waals surface area contributed by atoms with E-state index in [1.54, 1.807) is 0 Å². The lowest BCUT2D eigenvalue weighted by Gasteiger charge is -2.43. The van der Waals surface area contributed by atoms with Gasteiger partial charge in [-0.05, 0) is 17.3 Å². The summed E-state index contributed by atoms with van der Waals surface area (Å²) < 4.78 is 0. The molecular weight excluding hydrogens is 146 g/mol. The number of hydrogen-bond donors (Lipinski definition) is 1. The average molecular weight is 169 g/mol. The van der Waals surface area contributed by atoms with Crippen molar-refractivity contribution in [3.63, 3.8) is 0 Å². The second-order valence-electron chi connectivity index (χ2n) is 5.10. The summed E-state index contributed by atoms with van der Waals surface area (Å²) in [6.45, 7) is 14.9. The van der Waals surface area contributed by atoms with Crippen molar-refractivity contribution < 1.29 is 0 Å². The quantitative estimate of drug-likeness (QED) is 0.646. The Morgan fingerprint density at radius 3 is 1.92 bits per heavy atom. The van der Waals surface area contributed by atoms with Crippen molar-refractivity contribution in [3.8, 4) is 0 Å². The van der Waals surface area contributed by atoms with E-state index in [2.05, 4.69) is 41.2 Å². The Morgan fingerprint density at radius 1 is 1.25 bits per heavy atom. The van der Waals surface area contributed by atoms with E-state index in [1.165, 1.54) is 0 Å². The molecule has 0 bridgehead atoms. The highest BCUT2D eigenvalue weighted by molar-refractivity contribution is 4.93. The van der Waals surface area contributed by atoms with Gasteiger partial charge in [0.25, 0.3) is 0 Å². The van der Waals surface area contributed by atoms with E-state index in [9.17, 15) is 0 Å². The lowest BCUT2D eigenvalue weighted by molar-refractivity contribution is 0.0974. The molecule has 1 nitrogen and oxygen atoms in total. The average Bonchev–Trinajstić information content (AvgIpc) is 1.85. The van der Waals surface area contributed by atoms with E-state index in [0.717, 1.165) is 6.42 Å². The third-order valence-corrected chi connectivity index (χ3v) is 3.28. The molecule has 1 heteroatoms. The standard InChI is InChI=1S/C11H23N/c1-7-8-9(12)11(5,6)10(2,3)4/h7,9H,1,8,12H2,2-6H3. The molecule has 12 heavy (non-hydrogen) atoms. The first kappa shape index (κ1) is 11.7. The van der Waals surface area contributed by atoms with Crippen molar-refractivity contribution in [2.75, 3.05) is 0 Å². The zero-order chi connectivity index (χ0) is 9.99. The maximum atomic E-state index is 6.08. The Bertz CT molecular complexity index is 151. The number of hydrogen-bond acceptors (Lipinski definition) is 1. The van der Waals surface area contributed by atoms with Gasteiger partial charge in [-0.2, -0.15) is 0 Å². The zero-order valence-electron chi connectivity index (χ0n) is 9.15. The van der Waals surface area contributed by atoms with Gasteiger partial charge in [0.05, 0.1) is 0 Å². The molecule has 0 saturated carbocycles. The lowest BCUT2D eigenvalue weighted by Crippen LogP contribution is -2.45. The van der Waals surface area contributed by atoms with Crippen LogP contribution in [0.5, 0.6) is 0 Å². The largest absolute Gasteiger partial charge is 0.327 e. The molecule has 0 aromatic rings. The first-order chi connectivity index (χ1) is 5.23. The topological polar surface area (TPSA) is 26.0 Å². The van der Waals surface area contributed by atoms with Crippen LogP contribution in [0.1, 0.15) is 41.0 Å². The van der Waals surface area contributed by atoms with Crippen molar-refractivity contribution in [1.29, 1.82) is 0 Å². The van der Waals surface area contributed by atoms with Crippen LogP contribution < -0.4 is 5.73 Å². The molecule has 0 fully saturated rings. The van der Waals surface area contributed by atoms with Crippen molar-refractivity contribution in [2.45, 2.75) is 47.1 Å². The minimum absolute atomic E-state index is 0.154. The molecule has 0 amide bonds. The second kappa shape index (κ2) is 3.61. The SMILES string of the molecule is C=CCC(N)C(C)(C)C(C)(C)C. The molecule has 0 aliphatic carbocycles. The Balaban J connectivity index is 4.48. The highest BCUT2D eigenvalue weighted by Crippen LogP contribution is 2.40. The third kappa shape index (κ3) is 2.34. The van der Waals surface area contributed by atoms with Crippen LogP contribution in [0.3, 0.4) is 0 Å². The maximum Gasteiger partial charge on any atom is 0.0130 e. The van der Waals surface area contributed by atoms with Gasteiger partial charge in [0.15, 0.2) is 0 Å². The van der Waals surface area contributed by atoms with Gasteiger partial charge in [-0.15, -0.1) is 6.58 Å². The summed E-state index contributed by atoms with van der Waals surface area (Å²) in [6, 6.07) is 0.204. The lowest BCUT2D eigenvalue weighted by atomic mass is 9.64. The summed E-state index contributed by atoms with van der Waals surface area (Å²) in [5.41, 5.74) is 6.48. The Kier molecular flexibility index (Phi) is 3.52. The van der Waals surface area contributed by atoms with Gasteiger partial charge in [-0.3, -0.25) is 0 Å². The van der Waals surface area contributed by atoms with Crippen LogP contribution in [-0.4, -0.2) is 6.04 Å². The van der Waals surface area contributed by atoms with E-state index in [4.69, 9.17) is 5.73 Å². The molecular formula is C11H23N.